The molecule has 0 saturated heterocycles. The van der Waals surface area contributed by atoms with Gasteiger partial charge >= 0.3 is 12.2 Å². The molecule has 1 heterocycles. The number of carbonyl (C=O) groups excluding carboxylic acids is 2. The number of rotatable bonds is 9. The molecule has 0 radical (unpaired) electrons. The number of para-hydroxylation sites is 1. The van der Waals surface area contributed by atoms with Crippen LogP contribution in [0.1, 0.15) is 49.6 Å². The number of benzene rings is 2. The predicted octanol–water partition coefficient (Wildman–Crippen LogP) is 6.31. The van der Waals surface area contributed by atoms with Crippen molar-refractivity contribution in [2.45, 2.75) is 52.6 Å². The fourth-order valence-corrected chi connectivity index (χ4v) is 4.10. The van der Waals surface area contributed by atoms with Crippen LogP contribution in [0, 0.1) is 13.8 Å². The van der Waals surface area contributed by atoms with E-state index in [4.69, 9.17) is 9.84 Å². The van der Waals surface area contributed by atoms with Gasteiger partial charge in [0, 0.05) is 31.7 Å². The summed E-state index contributed by atoms with van der Waals surface area (Å²) in [6, 6.07) is 11.5. The van der Waals surface area contributed by atoms with E-state index < -0.39 is 30.2 Å². The molecule has 0 bridgehead atoms. The number of hydrogen-bond acceptors (Lipinski definition) is 4. The van der Waals surface area contributed by atoms with Crippen molar-refractivity contribution in [1.29, 1.82) is 0 Å². The Bertz CT molecular complexity index is 1350. The molecule has 2 aromatic carbocycles. The number of nitrogens with one attached hydrogen (secondary N) is 2. The van der Waals surface area contributed by atoms with Crippen molar-refractivity contribution < 1.29 is 27.5 Å². The SMILES string of the molecule is COCCCN(CC(=O)Nc1cc(C(C)(C)C)nn1-c1ccc(C)cc1C)C(=O)Nc1ccccc1C(F)(F)F. The Kier molecular flexibility index (Phi) is 9.62. The number of aromatic nitrogens is 2. The van der Waals surface area contributed by atoms with Crippen LogP contribution in [0.4, 0.5) is 29.5 Å². The molecule has 216 valence electrons. The fourth-order valence-electron chi connectivity index (χ4n) is 4.10. The highest BCUT2D eigenvalue weighted by Gasteiger charge is 2.34. The first-order valence-corrected chi connectivity index (χ1v) is 12.9. The van der Waals surface area contributed by atoms with Crippen molar-refractivity contribution in [2.75, 3.05) is 37.4 Å². The molecule has 2 N–H and O–H groups in total. The van der Waals surface area contributed by atoms with E-state index in [1.54, 1.807) is 10.7 Å². The Labute approximate surface area is 232 Å². The van der Waals surface area contributed by atoms with E-state index in [-0.39, 0.29) is 17.6 Å². The summed E-state index contributed by atoms with van der Waals surface area (Å²) >= 11 is 0. The number of anilines is 2. The monoisotopic (exact) mass is 559 g/mol. The van der Waals surface area contributed by atoms with E-state index in [2.05, 4.69) is 10.6 Å². The normalized spacial score (nSPS) is 11.8. The maximum atomic E-state index is 13.5. The average Bonchev–Trinajstić information content (AvgIpc) is 3.27. The zero-order valence-electron chi connectivity index (χ0n) is 23.6. The number of ether oxygens (including phenoxy) is 1. The molecule has 0 fully saturated rings. The van der Waals surface area contributed by atoms with Gasteiger partial charge in [-0.05, 0) is 44.0 Å². The third-order valence-corrected chi connectivity index (χ3v) is 6.20. The van der Waals surface area contributed by atoms with Crippen LogP contribution < -0.4 is 10.6 Å². The quantitative estimate of drug-likeness (QED) is 0.301. The standard InChI is InChI=1S/C29H36F3N5O3/c1-19-12-13-23(20(2)16-19)37-25(17-24(35-37)28(3,4)5)34-26(38)18-36(14-9-15-40-6)27(39)33-22-11-8-7-10-21(22)29(30,31)32/h7-8,10-13,16-17H,9,14-15,18H2,1-6H3,(H,33,39)(H,34,38). The largest absolute Gasteiger partial charge is 0.418 e. The zero-order valence-corrected chi connectivity index (χ0v) is 23.6. The molecule has 0 aliphatic carbocycles. The minimum atomic E-state index is -4.65. The number of nitrogens with zero attached hydrogens (tertiary/aromatic N) is 3. The van der Waals surface area contributed by atoms with E-state index in [1.165, 1.54) is 25.3 Å². The van der Waals surface area contributed by atoms with Gasteiger partial charge < -0.3 is 20.3 Å². The summed E-state index contributed by atoms with van der Waals surface area (Å²) in [7, 11) is 1.50. The first-order chi connectivity index (χ1) is 18.7. The lowest BCUT2D eigenvalue weighted by Crippen LogP contribution is -2.42. The topological polar surface area (TPSA) is 88.5 Å². The molecular weight excluding hydrogens is 523 g/mol. The van der Waals surface area contributed by atoms with Gasteiger partial charge in [-0.15, -0.1) is 0 Å². The molecule has 3 aromatic rings. The molecule has 40 heavy (non-hydrogen) atoms. The van der Waals surface area contributed by atoms with Gasteiger partial charge in [0.25, 0.3) is 0 Å². The minimum absolute atomic E-state index is 0.0881. The number of hydrogen-bond donors (Lipinski definition) is 2. The van der Waals surface area contributed by atoms with Crippen molar-refractivity contribution in [3.8, 4) is 5.69 Å². The summed E-state index contributed by atoms with van der Waals surface area (Å²) < 4.78 is 47.1. The average molecular weight is 560 g/mol. The second kappa shape index (κ2) is 12.5. The summed E-state index contributed by atoms with van der Waals surface area (Å²) in [5, 5.41) is 9.91. The van der Waals surface area contributed by atoms with Gasteiger partial charge in [-0.2, -0.15) is 18.3 Å². The maximum absolute atomic E-state index is 13.5. The van der Waals surface area contributed by atoms with Gasteiger partial charge in [0.15, 0.2) is 0 Å². The molecule has 11 heteroatoms. The fraction of sp³-hybridized carbons (Fsp3) is 0.414. The van der Waals surface area contributed by atoms with Gasteiger partial charge in [-0.3, -0.25) is 4.79 Å². The van der Waals surface area contributed by atoms with Crippen LogP contribution >= 0.6 is 0 Å². The maximum Gasteiger partial charge on any atom is 0.418 e. The highest BCUT2D eigenvalue weighted by molar-refractivity contribution is 5.97. The summed E-state index contributed by atoms with van der Waals surface area (Å²) in [5.74, 6) is -0.107. The van der Waals surface area contributed by atoms with Crippen LogP contribution in [-0.2, 0) is 21.1 Å². The minimum Gasteiger partial charge on any atom is -0.385 e. The van der Waals surface area contributed by atoms with Gasteiger partial charge in [0.2, 0.25) is 5.91 Å². The smallest absolute Gasteiger partial charge is 0.385 e. The van der Waals surface area contributed by atoms with Crippen LogP contribution in [-0.4, -0.2) is 53.4 Å². The van der Waals surface area contributed by atoms with E-state index in [0.717, 1.165) is 33.5 Å². The number of methoxy groups -OCH3 is 1. The molecule has 0 unspecified atom stereocenters. The second-order valence-electron chi connectivity index (χ2n) is 10.7. The highest BCUT2D eigenvalue weighted by atomic mass is 19.4. The predicted molar refractivity (Wildman–Crippen MR) is 149 cm³/mol. The number of urea groups is 1. The van der Waals surface area contributed by atoms with Crippen LogP contribution in [0.25, 0.3) is 5.69 Å². The lowest BCUT2D eigenvalue weighted by atomic mass is 9.92. The summed E-state index contributed by atoms with van der Waals surface area (Å²) in [6.45, 7) is 9.96. The molecule has 8 nitrogen and oxygen atoms in total. The first kappa shape index (κ1) is 30.7. The number of amides is 3. The van der Waals surface area contributed by atoms with E-state index in [1.807, 2.05) is 52.8 Å². The Hall–Kier alpha value is -3.86. The molecule has 3 rings (SSSR count). The number of alkyl halides is 3. The lowest BCUT2D eigenvalue weighted by molar-refractivity contribution is -0.137. The van der Waals surface area contributed by atoms with Crippen molar-refractivity contribution in [3.05, 3.63) is 70.9 Å². The van der Waals surface area contributed by atoms with Crippen LogP contribution in [0.3, 0.4) is 0 Å². The third kappa shape index (κ3) is 7.84. The molecule has 0 aliphatic heterocycles. The third-order valence-electron chi connectivity index (χ3n) is 6.20. The van der Waals surface area contributed by atoms with E-state index in [0.29, 0.717) is 18.8 Å². The molecule has 0 atom stereocenters. The number of carbonyl (C=O) groups is 2. The van der Waals surface area contributed by atoms with Gasteiger partial charge in [0.05, 0.1) is 22.6 Å². The summed E-state index contributed by atoms with van der Waals surface area (Å²) in [5.41, 5.74) is 1.91. The summed E-state index contributed by atoms with van der Waals surface area (Å²) in [6.07, 6.45) is -4.27. The Morgan fingerprint density at radius 1 is 1.02 bits per heavy atom. The molecule has 1 aromatic heterocycles. The van der Waals surface area contributed by atoms with Crippen LogP contribution in [0.15, 0.2) is 48.5 Å². The summed E-state index contributed by atoms with van der Waals surface area (Å²) in [4.78, 5) is 27.5. The van der Waals surface area contributed by atoms with Gasteiger partial charge in [0.1, 0.15) is 12.4 Å². The zero-order chi connectivity index (χ0) is 29.7. The lowest BCUT2D eigenvalue weighted by Gasteiger charge is -2.24. The van der Waals surface area contributed by atoms with E-state index >= 15 is 0 Å². The second-order valence-corrected chi connectivity index (χ2v) is 10.7. The van der Waals surface area contributed by atoms with Crippen molar-refractivity contribution in [3.63, 3.8) is 0 Å². The Morgan fingerprint density at radius 3 is 2.35 bits per heavy atom. The van der Waals surface area contributed by atoms with Crippen molar-refractivity contribution in [1.82, 2.24) is 14.7 Å². The van der Waals surface area contributed by atoms with Gasteiger partial charge in [-0.1, -0.05) is 50.6 Å². The molecule has 0 saturated carbocycles. The first-order valence-electron chi connectivity index (χ1n) is 12.9. The van der Waals surface area contributed by atoms with Crippen molar-refractivity contribution >= 4 is 23.4 Å². The number of aryl methyl sites for hydroxylation is 2. The van der Waals surface area contributed by atoms with Crippen molar-refractivity contribution in [2.24, 2.45) is 0 Å². The van der Waals surface area contributed by atoms with E-state index in [9.17, 15) is 22.8 Å². The van der Waals surface area contributed by atoms with Crippen LogP contribution in [0.5, 0.6) is 0 Å². The molecule has 3 amide bonds. The number of halogens is 3. The Morgan fingerprint density at radius 2 is 1.73 bits per heavy atom. The van der Waals surface area contributed by atoms with Crippen LogP contribution in [0.2, 0.25) is 0 Å². The molecule has 0 spiro atoms. The van der Waals surface area contributed by atoms with Gasteiger partial charge in [-0.25, -0.2) is 9.48 Å². The molecular formula is C29H36F3N5O3. The highest BCUT2D eigenvalue weighted by Crippen LogP contribution is 2.34. The Balaban J connectivity index is 1.87. The molecule has 0 aliphatic rings.